The van der Waals surface area contributed by atoms with Gasteiger partial charge in [-0.25, -0.2) is 4.39 Å². The summed E-state index contributed by atoms with van der Waals surface area (Å²) in [5.74, 6) is -0.339. The third kappa shape index (κ3) is 1.85. The molecule has 0 saturated carbocycles. The van der Waals surface area contributed by atoms with Crippen LogP contribution in [0, 0.1) is 15.9 Å². The Bertz CT molecular complexity index is 545. The highest BCUT2D eigenvalue weighted by Gasteiger charge is 2.02. The minimum atomic E-state index is -0.539. The minimum Gasteiger partial charge on any atom is -0.360 e. The van der Waals surface area contributed by atoms with Gasteiger partial charge in [0.15, 0.2) is 0 Å². The molecule has 0 spiro atoms. The van der Waals surface area contributed by atoms with Crippen molar-refractivity contribution in [1.29, 1.82) is 0 Å². The average Bonchev–Trinajstić information content (AvgIpc) is 2.57. The number of rotatable bonds is 2. The Morgan fingerprint density at radius 1 is 1.47 bits per heavy atom. The molecule has 0 unspecified atom stereocenters. The first kappa shape index (κ1) is 9.39. The molecule has 0 saturated heterocycles. The Morgan fingerprint density at radius 2 is 2.27 bits per heavy atom. The fourth-order valence-corrected chi connectivity index (χ4v) is 1.40. The predicted molar refractivity (Wildman–Crippen MR) is 54.3 cm³/mol. The number of aromatic nitrogens is 1. The summed E-state index contributed by atoms with van der Waals surface area (Å²) < 4.78 is 12.8. The highest BCUT2D eigenvalue weighted by atomic mass is 19.1. The molecule has 76 valence electrons. The van der Waals surface area contributed by atoms with E-state index in [4.69, 9.17) is 0 Å². The summed E-state index contributed by atoms with van der Waals surface area (Å²) in [7, 11) is 0. The Morgan fingerprint density at radius 3 is 3.00 bits per heavy atom. The number of nitrogens with zero attached hydrogens (tertiary/aromatic N) is 1. The molecule has 15 heavy (non-hydrogen) atoms. The molecule has 1 N–H and O–H groups in total. The van der Waals surface area contributed by atoms with Crippen LogP contribution in [0.3, 0.4) is 0 Å². The van der Waals surface area contributed by atoms with Crippen LogP contribution in [-0.4, -0.2) is 9.91 Å². The molecule has 0 aliphatic rings. The van der Waals surface area contributed by atoms with Gasteiger partial charge in [-0.3, -0.25) is 10.1 Å². The van der Waals surface area contributed by atoms with Crippen molar-refractivity contribution in [3.05, 3.63) is 52.1 Å². The van der Waals surface area contributed by atoms with Gasteiger partial charge in [-0.15, -0.1) is 0 Å². The number of H-pyrrole nitrogens is 1. The Balaban J connectivity index is 2.50. The predicted octanol–water partition coefficient (Wildman–Crippen LogP) is 2.55. The lowest BCUT2D eigenvalue weighted by atomic mass is 10.2. The second-order valence-electron chi connectivity index (χ2n) is 3.04. The normalized spacial score (nSPS) is 11.3. The highest BCUT2D eigenvalue weighted by Crippen LogP contribution is 2.20. The number of nitrogens with one attached hydrogen (secondary N) is 1. The first-order valence-electron chi connectivity index (χ1n) is 4.25. The molecule has 0 radical (unpaired) electrons. The van der Waals surface area contributed by atoms with Crippen LogP contribution in [-0.2, 0) is 0 Å². The van der Waals surface area contributed by atoms with E-state index in [-0.39, 0.29) is 5.82 Å². The van der Waals surface area contributed by atoms with E-state index in [1.165, 1.54) is 18.2 Å². The summed E-state index contributed by atoms with van der Waals surface area (Å²) >= 11 is 0. The lowest BCUT2D eigenvalue weighted by Gasteiger charge is -1.91. The molecule has 5 heteroatoms. The molecule has 0 bridgehead atoms. The molecule has 1 aromatic carbocycles. The molecule has 4 nitrogen and oxygen atoms in total. The lowest BCUT2D eigenvalue weighted by molar-refractivity contribution is -0.400. The van der Waals surface area contributed by atoms with Crippen molar-refractivity contribution in [2.45, 2.75) is 0 Å². The van der Waals surface area contributed by atoms with Crippen molar-refractivity contribution < 1.29 is 9.31 Å². The van der Waals surface area contributed by atoms with Gasteiger partial charge >= 0.3 is 0 Å². The molecule has 0 aliphatic heterocycles. The molecule has 2 aromatic rings. The molecule has 0 aliphatic carbocycles. The number of nitro groups is 1. The molecule has 2 rings (SSSR count). The van der Waals surface area contributed by atoms with Gasteiger partial charge in [0.25, 0.3) is 0 Å². The average molecular weight is 206 g/mol. The zero-order valence-corrected chi connectivity index (χ0v) is 7.61. The third-order valence-electron chi connectivity index (χ3n) is 2.05. The standard InChI is InChI=1S/C10H7FN2O2/c11-8-1-2-9-7(3-4-13(14)15)6-12-10(9)5-8/h1-6,12H/b4-3-. The number of benzene rings is 1. The van der Waals surface area contributed by atoms with E-state index < -0.39 is 4.92 Å². The molecule has 0 amide bonds. The first-order valence-corrected chi connectivity index (χ1v) is 4.25. The van der Waals surface area contributed by atoms with Crippen LogP contribution < -0.4 is 0 Å². The van der Waals surface area contributed by atoms with Gasteiger partial charge in [-0.1, -0.05) is 0 Å². The largest absolute Gasteiger partial charge is 0.360 e. The summed E-state index contributed by atoms with van der Waals surface area (Å²) in [6, 6.07) is 4.25. The Kier molecular flexibility index (Phi) is 2.21. The van der Waals surface area contributed by atoms with Crippen molar-refractivity contribution in [3.8, 4) is 0 Å². The van der Waals surface area contributed by atoms with Crippen LogP contribution >= 0.6 is 0 Å². The Labute approximate surface area is 84.2 Å². The van der Waals surface area contributed by atoms with E-state index in [1.54, 1.807) is 12.3 Å². The van der Waals surface area contributed by atoms with Gasteiger partial charge in [0.2, 0.25) is 6.20 Å². The summed E-state index contributed by atoms with van der Waals surface area (Å²) in [6.45, 7) is 0. The molecule has 1 aromatic heterocycles. The van der Waals surface area contributed by atoms with Crippen LogP contribution in [0.25, 0.3) is 17.0 Å². The SMILES string of the molecule is O=[N+]([O-])/C=C\c1c[nH]c2cc(F)ccc12. The van der Waals surface area contributed by atoms with Gasteiger partial charge in [-0.05, 0) is 18.2 Å². The molecular weight excluding hydrogens is 199 g/mol. The molecule has 0 atom stereocenters. The summed E-state index contributed by atoms with van der Waals surface area (Å²) in [5, 5.41) is 10.9. The fourth-order valence-electron chi connectivity index (χ4n) is 1.40. The number of hydrogen-bond donors (Lipinski definition) is 1. The van der Waals surface area contributed by atoms with Crippen LogP contribution in [0.1, 0.15) is 5.56 Å². The third-order valence-corrected chi connectivity index (χ3v) is 2.05. The number of hydrogen-bond acceptors (Lipinski definition) is 2. The summed E-state index contributed by atoms with van der Waals surface area (Å²) in [6.07, 6.45) is 3.83. The minimum absolute atomic E-state index is 0.339. The van der Waals surface area contributed by atoms with Gasteiger partial charge in [0.05, 0.1) is 4.92 Å². The molecule has 0 fully saturated rings. The second kappa shape index (κ2) is 3.53. The summed E-state index contributed by atoms with van der Waals surface area (Å²) in [4.78, 5) is 12.4. The quantitative estimate of drug-likeness (QED) is 0.606. The van der Waals surface area contributed by atoms with Crippen LogP contribution in [0.15, 0.2) is 30.6 Å². The topological polar surface area (TPSA) is 58.9 Å². The first-order chi connectivity index (χ1) is 7.16. The van der Waals surface area contributed by atoms with Crippen LogP contribution in [0.5, 0.6) is 0 Å². The van der Waals surface area contributed by atoms with E-state index in [0.717, 1.165) is 11.6 Å². The van der Waals surface area contributed by atoms with Crippen molar-refractivity contribution in [1.82, 2.24) is 4.98 Å². The van der Waals surface area contributed by atoms with Crippen molar-refractivity contribution in [2.75, 3.05) is 0 Å². The Hall–Kier alpha value is -2.17. The van der Waals surface area contributed by atoms with Crippen LogP contribution in [0.2, 0.25) is 0 Å². The van der Waals surface area contributed by atoms with Gasteiger partial charge in [0, 0.05) is 28.7 Å². The van der Waals surface area contributed by atoms with Crippen molar-refractivity contribution in [2.24, 2.45) is 0 Å². The van der Waals surface area contributed by atoms with E-state index in [2.05, 4.69) is 4.98 Å². The second-order valence-corrected chi connectivity index (χ2v) is 3.04. The van der Waals surface area contributed by atoms with E-state index in [9.17, 15) is 14.5 Å². The number of halogens is 1. The molecule has 1 heterocycles. The summed E-state index contributed by atoms with van der Waals surface area (Å²) in [5.41, 5.74) is 1.29. The maximum Gasteiger partial charge on any atom is 0.235 e. The molecular formula is C10H7FN2O2. The van der Waals surface area contributed by atoms with Crippen LogP contribution in [0.4, 0.5) is 4.39 Å². The van der Waals surface area contributed by atoms with Gasteiger partial charge < -0.3 is 4.98 Å². The zero-order valence-electron chi connectivity index (χ0n) is 7.61. The smallest absolute Gasteiger partial charge is 0.235 e. The van der Waals surface area contributed by atoms with Gasteiger partial charge in [-0.2, -0.15) is 0 Å². The maximum atomic E-state index is 12.8. The fraction of sp³-hybridized carbons (Fsp3) is 0. The van der Waals surface area contributed by atoms with E-state index in [1.807, 2.05) is 0 Å². The van der Waals surface area contributed by atoms with E-state index >= 15 is 0 Å². The number of fused-ring (bicyclic) bond motifs is 1. The zero-order chi connectivity index (χ0) is 10.8. The van der Waals surface area contributed by atoms with Crippen molar-refractivity contribution >= 4 is 17.0 Å². The van der Waals surface area contributed by atoms with Crippen molar-refractivity contribution in [3.63, 3.8) is 0 Å². The maximum absolute atomic E-state index is 12.8. The van der Waals surface area contributed by atoms with E-state index in [0.29, 0.717) is 11.1 Å². The van der Waals surface area contributed by atoms with Gasteiger partial charge in [0.1, 0.15) is 5.82 Å². The number of aromatic amines is 1. The monoisotopic (exact) mass is 206 g/mol. The highest BCUT2D eigenvalue weighted by molar-refractivity contribution is 5.88. The lowest BCUT2D eigenvalue weighted by Crippen LogP contribution is -1.81.